The van der Waals surface area contributed by atoms with Crippen LogP contribution in [0.25, 0.3) is 0 Å². The van der Waals surface area contributed by atoms with Crippen molar-refractivity contribution in [3.05, 3.63) is 53.1 Å². The number of carbonyl (C=O) groups is 2. The second kappa shape index (κ2) is 7.79. The van der Waals surface area contributed by atoms with Gasteiger partial charge in [0, 0.05) is 17.8 Å². The Morgan fingerprint density at radius 1 is 1.31 bits per heavy atom. The summed E-state index contributed by atoms with van der Waals surface area (Å²) in [6.07, 6.45) is 1.72. The number of carbonyl (C=O) groups excluding carboxylic acids is 2. The number of benzene rings is 2. The molecule has 2 heterocycles. The summed E-state index contributed by atoms with van der Waals surface area (Å²) in [6.45, 7) is 2.58. The largest absolute Gasteiger partial charge is 0.504 e. The van der Waals surface area contributed by atoms with Crippen LogP contribution in [-0.4, -0.2) is 40.9 Å². The van der Waals surface area contributed by atoms with E-state index < -0.39 is 0 Å². The van der Waals surface area contributed by atoms with Crippen LogP contribution in [0.2, 0.25) is 0 Å². The zero-order chi connectivity index (χ0) is 20.5. The van der Waals surface area contributed by atoms with Crippen molar-refractivity contribution in [3.63, 3.8) is 0 Å². The number of nitrogens with one attached hydrogen (secondary N) is 1. The standard InChI is InChI=1S/C21H21N3O4S/c1-12-19(22-23-21(27)29-12)14-5-7-16-13(10-14)4-3-9-24(16)20(26)15-6-8-17(25)18(11-15)28-2/h5-8,10-12,25H,3-4,9H2,1-2H3,(H,23,27). The summed E-state index contributed by atoms with van der Waals surface area (Å²) in [6, 6.07) is 10.6. The van der Waals surface area contributed by atoms with Crippen LogP contribution in [0.5, 0.6) is 11.5 Å². The molecule has 0 saturated heterocycles. The molecule has 4 rings (SSSR count). The van der Waals surface area contributed by atoms with Crippen LogP contribution in [0.15, 0.2) is 41.5 Å². The van der Waals surface area contributed by atoms with Crippen LogP contribution in [0, 0.1) is 0 Å². The molecule has 0 spiro atoms. The number of anilines is 1. The number of aryl methyl sites for hydroxylation is 1. The van der Waals surface area contributed by atoms with E-state index in [0.717, 1.165) is 35.4 Å². The number of hydrogen-bond acceptors (Lipinski definition) is 6. The molecule has 2 aliphatic rings. The highest BCUT2D eigenvalue weighted by molar-refractivity contribution is 8.14. The number of hydrogen-bond donors (Lipinski definition) is 2. The van der Waals surface area contributed by atoms with E-state index in [2.05, 4.69) is 16.6 Å². The monoisotopic (exact) mass is 411 g/mol. The first-order valence-electron chi connectivity index (χ1n) is 9.34. The molecule has 0 bridgehead atoms. The minimum atomic E-state index is -0.152. The molecule has 29 heavy (non-hydrogen) atoms. The molecular formula is C21H21N3O4S. The molecule has 0 aromatic heterocycles. The minimum absolute atomic E-state index is 0.0000681. The SMILES string of the molecule is COc1cc(C(=O)N2CCCc3cc(C4=NNC(=O)SC4C)ccc32)ccc1O. The topological polar surface area (TPSA) is 91.2 Å². The fourth-order valence-corrected chi connectivity index (χ4v) is 4.39. The van der Waals surface area contributed by atoms with Crippen LogP contribution in [0.1, 0.15) is 34.8 Å². The van der Waals surface area contributed by atoms with E-state index in [-0.39, 0.29) is 27.9 Å². The van der Waals surface area contributed by atoms with Crippen LogP contribution in [-0.2, 0) is 6.42 Å². The second-order valence-electron chi connectivity index (χ2n) is 6.95. The summed E-state index contributed by atoms with van der Waals surface area (Å²) in [7, 11) is 1.46. The van der Waals surface area contributed by atoms with Gasteiger partial charge in [0.2, 0.25) is 0 Å². The third-order valence-corrected chi connectivity index (χ3v) is 5.98. The Hall–Kier alpha value is -3.00. The first-order chi connectivity index (χ1) is 14.0. The lowest BCUT2D eigenvalue weighted by Crippen LogP contribution is -2.36. The maximum atomic E-state index is 13.1. The number of ether oxygens (including phenoxy) is 1. The van der Waals surface area contributed by atoms with E-state index >= 15 is 0 Å². The van der Waals surface area contributed by atoms with E-state index in [1.807, 2.05) is 19.1 Å². The molecule has 150 valence electrons. The van der Waals surface area contributed by atoms with Gasteiger partial charge in [0.1, 0.15) is 0 Å². The highest BCUT2D eigenvalue weighted by Crippen LogP contribution is 2.33. The quantitative estimate of drug-likeness (QED) is 0.806. The molecule has 2 aromatic carbocycles. The van der Waals surface area contributed by atoms with Gasteiger partial charge in [-0.25, -0.2) is 5.43 Å². The molecule has 0 fully saturated rings. The predicted octanol–water partition coefficient (Wildman–Crippen LogP) is 3.54. The lowest BCUT2D eigenvalue weighted by atomic mass is 9.96. The first kappa shape index (κ1) is 19.3. The van der Waals surface area contributed by atoms with E-state index in [9.17, 15) is 14.7 Å². The third-order valence-electron chi connectivity index (χ3n) is 5.10. The molecule has 2 N–H and O–H groups in total. The average molecular weight is 411 g/mol. The van der Waals surface area contributed by atoms with Gasteiger partial charge in [0.15, 0.2) is 11.5 Å². The summed E-state index contributed by atoms with van der Waals surface area (Å²) < 4.78 is 5.13. The fraction of sp³-hybridized carbons (Fsp3) is 0.286. The van der Waals surface area contributed by atoms with Gasteiger partial charge in [-0.2, -0.15) is 5.10 Å². The number of amides is 2. The van der Waals surface area contributed by atoms with Gasteiger partial charge in [-0.1, -0.05) is 17.8 Å². The van der Waals surface area contributed by atoms with Crippen molar-refractivity contribution in [1.82, 2.24) is 5.43 Å². The van der Waals surface area contributed by atoms with Crippen LogP contribution >= 0.6 is 11.8 Å². The molecule has 2 aromatic rings. The molecular weight excluding hydrogens is 390 g/mol. The Kier molecular flexibility index (Phi) is 5.19. The number of aromatic hydroxyl groups is 1. The smallest absolute Gasteiger partial charge is 0.299 e. The van der Waals surface area contributed by atoms with Crippen molar-refractivity contribution >= 4 is 34.3 Å². The molecule has 8 heteroatoms. The molecule has 1 unspecified atom stereocenters. The number of nitrogens with zero attached hydrogens (tertiary/aromatic N) is 2. The van der Waals surface area contributed by atoms with Crippen molar-refractivity contribution in [2.75, 3.05) is 18.6 Å². The predicted molar refractivity (Wildman–Crippen MR) is 113 cm³/mol. The van der Waals surface area contributed by atoms with Gasteiger partial charge in [0.05, 0.1) is 18.1 Å². The van der Waals surface area contributed by atoms with Crippen molar-refractivity contribution in [3.8, 4) is 11.5 Å². The number of hydrazone groups is 1. The Morgan fingerprint density at radius 2 is 2.14 bits per heavy atom. The molecule has 2 aliphatic heterocycles. The Morgan fingerprint density at radius 3 is 2.90 bits per heavy atom. The zero-order valence-electron chi connectivity index (χ0n) is 16.1. The van der Waals surface area contributed by atoms with E-state index in [1.165, 1.54) is 24.9 Å². The zero-order valence-corrected chi connectivity index (χ0v) is 17.0. The number of fused-ring (bicyclic) bond motifs is 1. The van der Waals surface area contributed by atoms with Gasteiger partial charge in [-0.3, -0.25) is 9.59 Å². The number of phenolic OH excluding ortho intramolecular Hbond substituents is 1. The highest BCUT2D eigenvalue weighted by Gasteiger charge is 2.27. The Bertz CT molecular complexity index is 1020. The minimum Gasteiger partial charge on any atom is -0.504 e. The third kappa shape index (κ3) is 3.67. The van der Waals surface area contributed by atoms with Gasteiger partial charge >= 0.3 is 0 Å². The van der Waals surface area contributed by atoms with Crippen molar-refractivity contribution in [2.24, 2.45) is 5.10 Å². The van der Waals surface area contributed by atoms with Gasteiger partial charge < -0.3 is 14.7 Å². The number of rotatable bonds is 3. The van der Waals surface area contributed by atoms with E-state index in [1.54, 1.807) is 17.0 Å². The highest BCUT2D eigenvalue weighted by atomic mass is 32.2. The Labute approximate surface area is 172 Å². The molecule has 1 atom stereocenters. The first-order valence-corrected chi connectivity index (χ1v) is 10.2. The second-order valence-corrected chi connectivity index (χ2v) is 8.26. The molecule has 0 aliphatic carbocycles. The maximum Gasteiger partial charge on any atom is 0.299 e. The Balaban J connectivity index is 1.65. The number of phenols is 1. The van der Waals surface area contributed by atoms with Crippen LogP contribution in [0.3, 0.4) is 0 Å². The normalized spacial score (nSPS) is 18.6. The van der Waals surface area contributed by atoms with Crippen LogP contribution < -0.4 is 15.1 Å². The summed E-state index contributed by atoms with van der Waals surface area (Å²) in [5, 5.41) is 13.8. The fourth-order valence-electron chi connectivity index (χ4n) is 3.67. The van der Waals surface area contributed by atoms with Crippen LogP contribution in [0.4, 0.5) is 10.5 Å². The van der Waals surface area contributed by atoms with E-state index in [4.69, 9.17) is 4.74 Å². The molecule has 7 nitrogen and oxygen atoms in total. The summed E-state index contributed by atoms with van der Waals surface area (Å²) in [5.74, 6) is 0.135. The molecule has 0 saturated carbocycles. The summed E-state index contributed by atoms with van der Waals surface area (Å²) >= 11 is 1.21. The van der Waals surface area contributed by atoms with Crippen molar-refractivity contribution in [2.45, 2.75) is 25.0 Å². The van der Waals surface area contributed by atoms with Gasteiger partial charge in [-0.15, -0.1) is 0 Å². The lowest BCUT2D eigenvalue weighted by Gasteiger charge is -2.30. The molecule has 2 amide bonds. The summed E-state index contributed by atoms with van der Waals surface area (Å²) in [4.78, 5) is 26.4. The van der Waals surface area contributed by atoms with Gasteiger partial charge in [-0.05, 0) is 61.2 Å². The van der Waals surface area contributed by atoms with E-state index in [0.29, 0.717) is 12.1 Å². The number of methoxy groups -OCH3 is 1. The average Bonchev–Trinajstić information content (AvgIpc) is 2.73. The van der Waals surface area contributed by atoms with Crippen molar-refractivity contribution in [1.29, 1.82) is 0 Å². The molecule has 0 radical (unpaired) electrons. The number of thioether (sulfide) groups is 1. The van der Waals surface area contributed by atoms with Gasteiger partial charge in [0.25, 0.3) is 11.1 Å². The van der Waals surface area contributed by atoms with Crippen molar-refractivity contribution < 1.29 is 19.4 Å². The lowest BCUT2D eigenvalue weighted by molar-refractivity contribution is 0.0984. The maximum absolute atomic E-state index is 13.1. The summed E-state index contributed by atoms with van der Waals surface area (Å²) in [5.41, 5.74) is 6.70.